The molecule has 0 aliphatic rings. The third-order valence-corrected chi connectivity index (χ3v) is 2.81. The summed E-state index contributed by atoms with van der Waals surface area (Å²) in [5.41, 5.74) is 1.11. The molecule has 6 nitrogen and oxygen atoms in total. The zero-order valence-corrected chi connectivity index (χ0v) is 8.73. The summed E-state index contributed by atoms with van der Waals surface area (Å²) < 4.78 is 1.27. The number of aliphatic carboxylic acids is 1. The van der Waals surface area contributed by atoms with Crippen molar-refractivity contribution in [2.75, 3.05) is 0 Å². The fourth-order valence-corrected chi connectivity index (χ4v) is 2.05. The zero-order valence-electron chi connectivity index (χ0n) is 7.91. The first-order valence-corrected chi connectivity index (χ1v) is 5.08. The molecule has 0 spiro atoms. The number of carbonyl (C=O) groups is 1. The number of hydrogen-bond donors (Lipinski definition) is 1. The molecule has 2 rings (SSSR count). The number of thiophene rings is 1. The fraction of sp³-hybridized carbons (Fsp3) is 0.250. The first-order chi connectivity index (χ1) is 7.16. The van der Waals surface area contributed by atoms with Crippen LogP contribution < -0.4 is 0 Å². The summed E-state index contributed by atoms with van der Waals surface area (Å²) in [5.74, 6) is -0.465. The molecule has 0 bridgehead atoms. The Balaban J connectivity index is 2.36. The summed E-state index contributed by atoms with van der Waals surface area (Å²) in [5, 5.41) is 21.5. The molecule has 0 amide bonds. The van der Waals surface area contributed by atoms with Crippen molar-refractivity contribution >= 4 is 17.3 Å². The van der Waals surface area contributed by atoms with Crippen molar-refractivity contribution in [3.63, 3.8) is 0 Å². The highest BCUT2D eigenvalue weighted by Crippen LogP contribution is 2.24. The quantitative estimate of drug-likeness (QED) is 0.833. The minimum Gasteiger partial charge on any atom is -0.480 e. The van der Waals surface area contributed by atoms with Crippen LogP contribution in [0.2, 0.25) is 0 Å². The lowest BCUT2D eigenvalue weighted by molar-refractivity contribution is -0.137. The van der Waals surface area contributed by atoms with E-state index in [1.165, 1.54) is 16.0 Å². The van der Waals surface area contributed by atoms with Crippen LogP contribution in [0.5, 0.6) is 0 Å². The van der Waals surface area contributed by atoms with E-state index in [1.54, 1.807) is 0 Å². The molecule has 0 aromatic carbocycles. The third kappa shape index (κ3) is 2.01. The molecule has 0 fully saturated rings. The van der Waals surface area contributed by atoms with E-state index in [1.807, 2.05) is 18.4 Å². The lowest BCUT2D eigenvalue weighted by atomic mass is 10.3. The van der Waals surface area contributed by atoms with Gasteiger partial charge in [-0.15, -0.1) is 16.4 Å². The summed E-state index contributed by atoms with van der Waals surface area (Å²) in [6.45, 7) is 1.74. The van der Waals surface area contributed by atoms with Gasteiger partial charge in [-0.1, -0.05) is 0 Å². The number of aryl methyl sites for hydroxylation is 1. The minimum atomic E-state index is -0.961. The Morgan fingerprint density at radius 2 is 2.47 bits per heavy atom. The maximum Gasteiger partial charge on any atom is 0.325 e. The van der Waals surface area contributed by atoms with Gasteiger partial charge in [-0.05, 0) is 34.4 Å². The van der Waals surface area contributed by atoms with Crippen LogP contribution in [0.15, 0.2) is 11.4 Å². The summed E-state index contributed by atoms with van der Waals surface area (Å²) >= 11 is 1.49. The monoisotopic (exact) mass is 224 g/mol. The second-order valence-corrected chi connectivity index (χ2v) is 3.95. The number of carboxylic acid groups (broad SMARTS) is 1. The van der Waals surface area contributed by atoms with Crippen molar-refractivity contribution in [3.8, 4) is 10.7 Å². The Labute approximate surface area is 89.2 Å². The molecule has 15 heavy (non-hydrogen) atoms. The predicted octanol–water partition coefficient (Wildman–Crippen LogP) is 0.795. The predicted molar refractivity (Wildman–Crippen MR) is 53.5 cm³/mol. The Morgan fingerprint density at radius 1 is 1.67 bits per heavy atom. The van der Waals surface area contributed by atoms with Crippen LogP contribution in [0, 0.1) is 6.92 Å². The molecular formula is C8H8N4O2S. The van der Waals surface area contributed by atoms with Crippen LogP contribution in [0.25, 0.3) is 10.7 Å². The molecule has 0 unspecified atom stereocenters. The Bertz CT molecular complexity index is 490. The van der Waals surface area contributed by atoms with Gasteiger partial charge in [-0.25, -0.2) is 4.68 Å². The summed E-state index contributed by atoms with van der Waals surface area (Å²) in [6.07, 6.45) is 0. The Morgan fingerprint density at radius 3 is 3.07 bits per heavy atom. The summed E-state index contributed by atoms with van der Waals surface area (Å²) in [7, 11) is 0. The van der Waals surface area contributed by atoms with E-state index >= 15 is 0 Å². The van der Waals surface area contributed by atoms with Gasteiger partial charge in [-0.2, -0.15) is 0 Å². The molecule has 2 aromatic rings. The second kappa shape index (κ2) is 3.77. The molecule has 0 atom stereocenters. The normalized spacial score (nSPS) is 10.5. The maximum atomic E-state index is 10.5. The summed E-state index contributed by atoms with van der Waals surface area (Å²) in [4.78, 5) is 11.4. The largest absolute Gasteiger partial charge is 0.480 e. The number of tetrazole rings is 1. The first-order valence-electron chi connectivity index (χ1n) is 4.20. The number of carboxylic acids is 1. The molecule has 2 aromatic heterocycles. The average Bonchev–Trinajstić information content (AvgIpc) is 2.72. The van der Waals surface area contributed by atoms with Crippen molar-refractivity contribution in [2.24, 2.45) is 0 Å². The number of rotatable bonds is 3. The molecule has 0 saturated heterocycles. The van der Waals surface area contributed by atoms with Gasteiger partial charge in [0.2, 0.25) is 0 Å². The van der Waals surface area contributed by atoms with Gasteiger partial charge < -0.3 is 5.11 Å². The van der Waals surface area contributed by atoms with Crippen molar-refractivity contribution in [3.05, 3.63) is 17.0 Å². The van der Waals surface area contributed by atoms with Gasteiger partial charge in [0.05, 0.1) is 4.88 Å². The number of aromatic nitrogens is 4. The van der Waals surface area contributed by atoms with Crippen LogP contribution >= 0.6 is 11.3 Å². The molecule has 1 N–H and O–H groups in total. The fourth-order valence-electron chi connectivity index (χ4n) is 1.16. The van der Waals surface area contributed by atoms with E-state index in [4.69, 9.17) is 5.11 Å². The number of hydrogen-bond acceptors (Lipinski definition) is 5. The van der Waals surface area contributed by atoms with E-state index in [-0.39, 0.29) is 6.54 Å². The minimum absolute atomic E-state index is 0.223. The topological polar surface area (TPSA) is 80.9 Å². The van der Waals surface area contributed by atoms with Gasteiger partial charge in [0.15, 0.2) is 5.82 Å². The maximum absolute atomic E-state index is 10.5. The van der Waals surface area contributed by atoms with E-state index < -0.39 is 5.97 Å². The van der Waals surface area contributed by atoms with E-state index in [2.05, 4.69) is 15.5 Å². The molecule has 0 saturated carbocycles. The molecule has 78 valence electrons. The van der Waals surface area contributed by atoms with E-state index in [0.717, 1.165) is 10.4 Å². The Kier molecular flexibility index (Phi) is 2.46. The average molecular weight is 224 g/mol. The second-order valence-electron chi connectivity index (χ2n) is 3.04. The molecular weight excluding hydrogens is 216 g/mol. The van der Waals surface area contributed by atoms with Gasteiger partial charge in [0.25, 0.3) is 0 Å². The highest BCUT2D eigenvalue weighted by atomic mass is 32.1. The van der Waals surface area contributed by atoms with Crippen LogP contribution in [0.4, 0.5) is 0 Å². The van der Waals surface area contributed by atoms with Crippen LogP contribution in [-0.4, -0.2) is 31.3 Å². The van der Waals surface area contributed by atoms with Crippen LogP contribution in [0.1, 0.15) is 5.56 Å². The van der Waals surface area contributed by atoms with Crippen molar-refractivity contribution in [1.29, 1.82) is 0 Å². The van der Waals surface area contributed by atoms with Gasteiger partial charge in [-0.3, -0.25) is 4.79 Å². The SMILES string of the molecule is Cc1csc(-c2nnnn2CC(=O)O)c1. The van der Waals surface area contributed by atoms with Crippen molar-refractivity contribution in [1.82, 2.24) is 20.2 Å². The lowest BCUT2D eigenvalue weighted by Crippen LogP contribution is -2.11. The molecule has 0 aliphatic carbocycles. The summed E-state index contributed by atoms with van der Waals surface area (Å²) in [6, 6.07) is 1.93. The molecule has 0 radical (unpaired) electrons. The zero-order chi connectivity index (χ0) is 10.8. The Hall–Kier alpha value is -1.76. The highest BCUT2D eigenvalue weighted by molar-refractivity contribution is 7.13. The van der Waals surface area contributed by atoms with Crippen LogP contribution in [0.3, 0.4) is 0 Å². The lowest BCUT2D eigenvalue weighted by Gasteiger charge is -1.97. The first kappa shape index (κ1) is 9.78. The van der Waals surface area contributed by atoms with Gasteiger partial charge in [0.1, 0.15) is 6.54 Å². The van der Waals surface area contributed by atoms with Gasteiger partial charge >= 0.3 is 5.97 Å². The third-order valence-electron chi connectivity index (χ3n) is 1.77. The molecule has 2 heterocycles. The van der Waals surface area contributed by atoms with Crippen molar-refractivity contribution in [2.45, 2.75) is 13.5 Å². The number of nitrogens with zero attached hydrogens (tertiary/aromatic N) is 4. The molecule has 0 aliphatic heterocycles. The highest BCUT2D eigenvalue weighted by Gasteiger charge is 2.12. The van der Waals surface area contributed by atoms with Crippen molar-refractivity contribution < 1.29 is 9.90 Å². The van der Waals surface area contributed by atoms with E-state index in [9.17, 15) is 4.79 Å². The standard InChI is InChI=1S/C8H8N4O2S/c1-5-2-6(15-4-5)8-9-10-11-12(8)3-7(13)14/h2,4H,3H2,1H3,(H,13,14). The smallest absolute Gasteiger partial charge is 0.325 e. The van der Waals surface area contributed by atoms with E-state index in [0.29, 0.717) is 5.82 Å². The molecule has 7 heteroatoms. The van der Waals surface area contributed by atoms with Crippen LogP contribution in [-0.2, 0) is 11.3 Å². The van der Waals surface area contributed by atoms with Gasteiger partial charge in [0, 0.05) is 0 Å².